The standard InChI is InChI=1S/C10H20N2O.C2H2O4/c1-2-11-10(13)6-9-12-7-4-3-5-8-12;3-1(4)2(5)6/h2-9H2,1H3,(H,11,13);(H,3,4)(H,5,6). The van der Waals surface area contributed by atoms with E-state index in [9.17, 15) is 4.79 Å². The van der Waals surface area contributed by atoms with Crippen LogP contribution in [0.1, 0.15) is 32.6 Å². The third kappa shape index (κ3) is 10.0. The van der Waals surface area contributed by atoms with Crippen LogP contribution in [0.15, 0.2) is 0 Å². The number of amides is 1. The number of hydrogen-bond acceptors (Lipinski definition) is 4. The highest BCUT2D eigenvalue weighted by Crippen LogP contribution is 2.08. The summed E-state index contributed by atoms with van der Waals surface area (Å²) in [5.74, 6) is -3.46. The largest absolute Gasteiger partial charge is 0.473 e. The molecule has 0 atom stereocenters. The maximum atomic E-state index is 11.1. The van der Waals surface area contributed by atoms with Crippen molar-refractivity contribution in [2.75, 3.05) is 26.2 Å². The number of rotatable bonds is 4. The quantitative estimate of drug-likeness (QED) is 0.630. The molecule has 1 heterocycles. The summed E-state index contributed by atoms with van der Waals surface area (Å²) in [6.45, 7) is 6.00. The molecule has 0 aromatic rings. The fourth-order valence-electron chi connectivity index (χ4n) is 1.73. The van der Waals surface area contributed by atoms with E-state index in [0.29, 0.717) is 6.42 Å². The van der Waals surface area contributed by atoms with E-state index in [2.05, 4.69) is 10.2 Å². The van der Waals surface area contributed by atoms with E-state index >= 15 is 0 Å². The number of nitrogens with one attached hydrogen (secondary N) is 1. The van der Waals surface area contributed by atoms with Gasteiger partial charge in [0.15, 0.2) is 0 Å². The highest BCUT2D eigenvalue weighted by molar-refractivity contribution is 6.27. The van der Waals surface area contributed by atoms with Crippen molar-refractivity contribution in [2.24, 2.45) is 0 Å². The van der Waals surface area contributed by atoms with E-state index in [4.69, 9.17) is 19.8 Å². The Morgan fingerprint density at radius 2 is 1.58 bits per heavy atom. The minimum absolute atomic E-state index is 0.188. The summed E-state index contributed by atoms with van der Waals surface area (Å²) in [6, 6.07) is 0. The van der Waals surface area contributed by atoms with Crippen molar-refractivity contribution >= 4 is 17.8 Å². The van der Waals surface area contributed by atoms with E-state index in [1.807, 2.05) is 6.92 Å². The van der Waals surface area contributed by atoms with Crippen LogP contribution in [-0.4, -0.2) is 59.1 Å². The predicted octanol–water partition coefficient (Wildman–Crippen LogP) is 0.154. The zero-order valence-electron chi connectivity index (χ0n) is 11.2. The maximum Gasteiger partial charge on any atom is 0.414 e. The number of carboxylic acid groups (broad SMARTS) is 2. The van der Waals surface area contributed by atoms with Gasteiger partial charge in [0, 0.05) is 19.5 Å². The lowest BCUT2D eigenvalue weighted by molar-refractivity contribution is -0.159. The maximum absolute atomic E-state index is 11.1. The Labute approximate surface area is 112 Å². The lowest BCUT2D eigenvalue weighted by atomic mass is 10.1. The summed E-state index contributed by atoms with van der Waals surface area (Å²) in [5.41, 5.74) is 0. The predicted molar refractivity (Wildman–Crippen MR) is 68.9 cm³/mol. The van der Waals surface area contributed by atoms with Crippen molar-refractivity contribution in [1.29, 1.82) is 0 Å². The molecule has 7 nitrogen and oxygen atoms in total. The van der Waals surface area contributed by atoms with Crippen molar-refractivity contribution < 1.29 is 24.6 Å². The van der Waals surface area contributed by atoms with Crippen LogP contribution in [-0.2, 0) is 14.4 Å². The van der Waals surface area contributed by atoms with Crippen molar-refractivity contribution in [3.63, 3.8) is 0 Å². The number of piperidine rings is 1. The Morgan fingerprint density at radius 1 is 1.05 bits per heavy atom. The van der Waals surface area contributed by atoms with Crippen molar-refractivity contribution in [1.82, 2.24) is 10.2 Å². The molecule has 1 saturated heterocycles. The molecule has 0 saturated carbocycles. The fraction of sp³-hybridized carbons (Fsp3) is 0.750. The second kappa shape index (κ2) is 10.3. The first-order valence-electron chi connectivity index (χ1n) is 6.42. The van der Waals surface area contributed by atoms with Gasteiger partial charge in [-0.05, 0) is 32.9 Å². The molecule has 1 aliphatic heterocycles. The lowest BCUT2D eigenvalue weighted by Crippen LogP contribution is -2.34. The zero-order valence-corrected chi connectivity index (χ0v) is 11.2. The first-order valence-corrected chi connectivity index (χ1v) is 6.42. The molecule has 1 fully saturated rings. The number of aliphatic carboxylic acids is 2. The molecule has 7 heteroatoms. The number of nitrogens with zero attached hydrogens (tertiary/aromatic N) is 1. The van der Waals surface area contributed by atoms with Crippen LogP contribution in [0.5, 0.6) is 0 Å². The molecule has 0 spiro atoms. The van der Waals surface area contributed by atoms with Gasteiger partial charge in [0.1, 0.15) is 0 Å². The van der Waals surface area contributed by atoms with Gasteiger partial charge < -0.3 is 20.4 Å². The average Bonchev–Trinajstić information content (AvgIpc) is 2.38. The third-order valence-electron chi connectivity index (χ3n) is 2.66. The molecule has 0 unspecified atom stereocenters. The number of carboxylic acids is 2. The topological polar surface area (TPSA) is 107 Å². The fourth-order valence-corrected chi connectivity index (χ4v) is 1.73. The summed E-state index contributed by atoms with van der Waals surface area (Å²) in [5, 5.41) is 17.6. The molecule has 0 radical (unpaired) electrons. The first-order chi connectivity index (χ1) is 8.97. The van der Waals surface area contributed by atoms with Crippen LogP contribution in [0.25, 0.3) is 0 Å². The number of carbonyl (C=O) groups excluding carboxylic acids is 1. The van der Waals surface area contributed by atoms with Gasteiger partial charge in [-0.2, -0.15) is 0 Å². The molecule has 0 aliphatic carbocycles. The molecule has 0 bridgehead atoms. The minimum Gasteiger partial charge on any atom is -0.473 e. The van der Waals surface area contributed by atoms with Gasteiger partial charge >= 0.3 is 11.9 Å². The van der Waals surface area contributed by atoms with Crippen molar-refractivity contribution in [3.8, 4) is 0 Å². The SMILES string of the molecule is CCNC(=O)CCN1CCCCC1.O=C(O)C(=O)O. The number of hydrogen-bond donors (Lipinski definition) is 3. The first kappa shape index (κ1) is 17.4. The Morgan fingerprint density at radius 3 is 2.00 bits per heavy atom. The molecular formula is C12H22N2O5. The van der Waals surface area contributed by atoms with E-state index in [-0.39, 0.29) is 5.91 Å². The highest BCUT2D eigenvalue weighted by Gasteiger charge is 2.10. The van der Waals surface area contributed by atoms with Crippen LogP contribution >= 0.6 is 0 Å². The summed E-state index contributed by atoms with van der Waals surface area (Å²) in [7, 11) is 0. The highest BCUT2D eigenvalue weighted by atomic mass is 16.4. The van der Waals surface area contributed by atoms with E-state index in [0.717, 1.165) is 13.1 Å². The molecule has 19 heavy (non-hydrogen) atoms. The second-order valence-corrected chi connectivity index (χ2v) is 4.22. The van der Waals surface area contributed by atoms with Crippen LogP contribution < -0.4 is 5.32 Å². The average molecular weight is 274 g/mol. The van der Waals surface area contributed by atoms with Crippen LogP contribution in [0.3, 0.4) is 0 Å². The molecular weight excluding hydrogens is 252 g/mol. The van der Waals surface area contributed by atoms with Gasteiger partial charge in [-0.3, -0.25) is 4.79 Å². The second-order valence-electron chi connectivity index (χ2n) is 4.22. The smallest absolute Gasteiger partial charge is 0.414 e. The third-order valence-corrected chi connectivity index (χ3v) is 2.66. The van der Waals surface area contributed by atoms with E-state index < -0.39 is 11.9 Å². The lowest BCUT2D eigenvalue weighted by Gasteiger charge is -2.25. The van der Waals surface area contributed by atoms with E-state index in [1.54, 1.807) is 0 Å². The Balaban J connectivity index is 0.000000459. The number of carbonyl (C=O) groups is 3. The van der Waals surface area contributed by atoms with Gasteiger partial charge in [0.2, 0.25) is 5.91 Å². The molecule has 110 valence electrons. The molecule has 0 aromatic heterocycles. The molecule has 0 aromatic carbocycles. The summed E-state index contributed by atoms with van der Waals surface area (Å²) in [4.78, 5) is 31.7. The Hall–Kier alpha value is -1.63. The van der Waals surface area contributed by atoms with Gasteiger partial charge in [-0.1, -0.05) is 6.42 Å². The van der Waals surface area contributed by atoms with Gasteiger partial charge in [-0.25, -0.2) is 9.59 Å². The summed E-state index contributed by atoms with van der Waals surface area (Å²) >= 11 is 0. The van der Waals surface area contributed by atoms with Gasteiger partial charge in [-0.15, -0.1) is 0 Å². The van der Waals surface area contributed by atoms with Crippen LogP contribution in [0, 0.1) is 0 Å². The van der Waals surface area contributed by atoms with E-state index in [1.165, 1.54) is 32.4 Å². The van der Waals surface area contributed by atoms with Crippen LogP contribution in [0.4, 0.5) is 0 Å². The number of likely N-dealkylation sites (tertiary alicyclic amines) is 1. The zero-order chi connectivity index (χ0) is 14.7. The Bertz CT molecular complexity index is 288. The Kier molecular flexibility index (Phi) is 9.42. The monoisotopic (exact) mass is 274 g/mol. The molecule has 3 N–H and O–H groups in total. The minimum atomic E-state index is -1.82. The van der Waals surface area contributed by atoms with Crippen LogP contribution in [0.2, 0.25) is 0 Å². The summed E-state index contributed by atoms with van der Waals surface area (Å²) < 4.78 is 0. The molecule has 1 rings (SSSR count). The van der Waals surface area contributed by atoms with Crippen molar-refractivity contribution in [3.05, 3.63) is 0 Å². The summed E-state index contributed by atoms with van der Waals surface area (Å²) in [6.07, 6.45) is 4.62. The van der Waals surface area contributed by atoms with Gasteiger partial charge in [0.25, 0.3) is 0 Å². The molecule has 1 aliphatic rings. The van der Waals surface area contributed by atoms with Crippen molar-refractivity contribution in [2.45, 2.75) is 32.6 Å². The van der Waals surface area contributed by atoms with Gasteiger partial charge in [0.05, 0.1) is 0 Å². The molecule has 1 amide bonds. The normalized spacial score (nSPS) is 15.0.